The number of rotatable bonds is 4. The van der Waals surface area contributed by atoms with Gasteiger partial charge < -0.3 is 5.11 Å². The Balaban J connectivity index is 1.99. The van der Waals surface area contributed by atoms with E-state index in [0.717, 1.165) is 32.5 Å². The van der Waals surface area contributed by atoms with Gasteiger partial charge in [0.05, 0.1) is 5.41 Å². The second-order valence-corrected chi connectivity index (χ2v) is 7.49. The molecule has 0 bridgehead atoms. The van der Waals surface area contributed by atoms with Crippen LogP contribution in [0.5, 0.6) is 0 Å². The van der Waals surface area contributed by atoms with Crippen LogP contribution < -0.4 is 0 Å². The lowest BCUT2D eigenvalue weighted by Crippen LogP contribution is -2.44. The SMILES string of the molecule is Cc1ccc(CN2CCCC(C(C)(C)C(=O)O)C2)s1. The Morgan fingerprint density at radius 1 is 1.53 bits per heavy atom. The van der Waals surface area contributed by atoms with Crippen molar-refractivity contribution in [1.29, 1.82) is 0 Å². The standard InChI is InChI=1S/C15H23NO2S/c1-11-6-7-13(19-11)10-16-8-4-5-12(9-16)15(2,3)14(17)18/h6-7,12H,4-5,8-10H2,1-3H3,(H,17,18). The molecule has 1 N–H and O–H groups in total. The van der Waals surface area contributed by atoms with Crippen LogP contribution in [-0.2, 0) is 11.3 Å². The fourth-order valence-electron chi connectivity index (χ4n) is 2.75. The minimum absolute atomic E-state index is 0.250. The van der Waals surface area contributed by atoms with E-state index < -0.39 is 11.4 Å². The number of likely N-dealkylation sites (tertiary alicyclic amines) is 1. The molecule has 1 unspecified atom stereocenters. The zero-order valence-electron chi connectivity index (χ0n) is 12.0. The summed E-state index contributed by atoms with van der Waals surface area (Å²) in [7, 11) is 0. The molecule has 0 aliphatic carbocycles. The molecule has 0 aromatic carbocycles. The van der Waals surface area contributed by atoms with Crippen molar-refractivity contribution in [3.8, 4) is 0 Å². The van der Waals surface area contributed by atoms with E-state index in [1.807, 2.05) is 25.2 Å². The molecule has 106 valence electrons. The van der Waals surface area contributed by atoms with Crippen molar-refractivity contribution < 1.29 is 9.90 Å². The molecule has 19 heavy (non-hydrogen) atoms. The van der Waals surface area contributed by atoms with E-state index in [0.29, 0.717) is 0 Å². The van der Waals surface area contributed by atoms with Crippen LogP contribution in [-0.4, -0.2) is 29.1 Å². The molecule has 1 atom stereocenters. The number of carboxylic acid groups (broad SMARTS) is 1. The van der Waals surface area contributed by atoms with Crippen LogP contribution in [0.4, 0.5) is 0 Å². The highest BCUT2D eigenvalue weighted by Gasteiger charge is 2.38. The van der Waals surface area contributed by atoms with Crippen LogP contribution >= 0.6 is 11.3 Å². The Hall–Kier alpha value is -0.870. The molecule has 0 saturated carbocycles. The topological polar surface area (TPSA) is 40.5 Å². The molecule has 1 aromatic heterocycles. The maximum absolute atomic E-state index is 11.4. The first-order valence-corrected chi connectivity index (χ1v) is 7.72. The zero-order valence-corrected chi connectivity index (χ0v) is 12.8. The lowest BCUT2D eigenvalue weighted by molar-refractivity contribution is -0.151. The maximum Gasteiger partial charge on any atom is 0.309 e. The van der Waals surface area contributed by atoms with Gasteiger partial charge in [-0.15, -0.1) is 11.3 Å². The highest BCUT2D eigenvalue weighted by Crippen LogP contribution is 2.34. The van der Waals surface area contributed by atoms with E-state index in [9.17, 15) is 9.90 Å². The summed E-state index contributed by atoms with van der Waals surface area (Å²) in [6.45, 7) is 8.79. The van der Waals surface area contributed by atoms with Gasteiger partial charge in [-0.2, -0.15) is 0 Å². The number of nitrogens with zero attached hydrogens (tertiary/aromatic N) is 1. The molecule has 0 amide bonds. The number of thiophene rings is 1. The van der Waals surface area contributed by atoms with Crippen molar-refractivity contribution in [3.63, 3.8) is 0 Å². The Kier molecular flexibility index (Phi) is 4.31. The van der Waals surface area contributed by atoms with Crippen molar-refractivity contribution in [2.45, 2.75) is 40.2 Å². The van der Waals surface area contributed by atoms with Gasteiger partial charge in [-0.3, -0.25) is 9.69 Å². The summed E-state index contributed by atoms with van der Waals surface area (Å²) in [6, 6.07) is 4.34. The molecule has 0 radical (unpaired) electrons. The third-order valence-electron chi connectivity index (χ3n) is 4.25. The zero-order chi connectivity index (χ0) is 14.0. The van der Waals surface area contributed by atoms with Crippen LogP contribution in [0.2, 0.25) is 0 Å². The van der Waals surface area contributed by atoms with Crippen LogP contribution in [0.3, 0.4) is 0 Å². The van der Waals surface area contributed by atoms with Gasteiger partial charge in [-0.05, 0) is 58.2 Å². The molecule has 1 saturated heterocycles. The van der Waals surface area contributed by atoms with Gasteiger partial charge in [-0.1, -0.05) is 0 Å². The molecular formula is C15H23NO2S. The molecule has 0 spiro atoms. The minimum atomic E-state index is -0.675. The van der Waals surface area contributed by atoms with Gasteiger partial charge in [0.1, 0.15) is 0 Å². The van der Waals surface area contributed by atoms with Crippen molar-refractivity contribution >= 4 is 17.3 Å². The van der Waals surface area contributed by atoms with Gasteiger partial charge in [0, 0.05) is 22.8 Å². The van der Waals surface area contributed by atoms with E-state index >= 15 is 0 Å². The molecule has 1 aliphatic rings. The summed E-state index contributed by atoms with van der Waals surface area (Å²) >= 11 is 1.84. The molecule has 3 nitrogen and oxygen atoms in total. The van der Waals surface area contributed by atoms with Crippen LogP contribution in [0.25, 0.3) is 0 Å². The number of hydrogen-bond donors (Lipinski definition) is 1. The number of piperidine rings is 1. The predicted molar refractivity (Wildman–Crippen MR) is 78.5 cm³/mol. The Morgan fingerprint density at radius 3 is 2.84 bits per heavy atom. The van der Waals surface area contributed by atoms with Crippen LogP contribution in [0.15, 0.2) is 12.1 Å². The average Bonchev–Trinajstić information content (AvgIpc) is 2.75. The van der Waals surface area contributed by atoms with Crippen LogP contribution in [0.1, 0.15) is 36.4 Å². The van der Waals surface area contributed by atoms with Crippen LogP contribution in [0, 0.1) is 18.3 Å². The lowest BCUT2D eigenvalue weighted by Gasteiger charge is -2.39. The second kappa shape index (κ2) is 5.63. The van der Waals surface area contributed by atoms with E-state index in [2.05, 4.69) is 24.0 Å². The van der Waals surface area contributed by atoms with Gasteiger partial charge in [0.15, 0.2) is 0 Å². The third kappa shape index (κ3) is 3.37. The van der Waals surface area contributed by atoms with E-state index in [-0.39, 0.29) is 5.92 Å². The van der Waals surface area contributed by atoms with Crippen molar-refractivity contribution in [2.75, 3.05) is 13.1 Å². The summed E-state index contributed by atoms with van der Waals surface area (Å²) in [6.07, 6.45) is 2.13. The summed E-state index contributed by atoms with van der Waals surface area (Å²) in [5, 5.41) is 9.36. The molecule has 2 rings (SSSR count). The van der Waals surface area contributed by atoms with E-state index in [4.69, 9.17) is 0 Å². The number of carbonyl (C=O) groups is 1. The second-order valence-electron chi connectivity index (χ2n) is 6.11. The first-order chi connectivity index (χ1) is 8.89. The quantitative estimate of drug-likeness (QED) is 0.919. The number of hydrogen-bond acceptors (Lipinski definition) is 3. The van der Waals surface area contributed by atoms with Gasteiger partial charge >= 0.3 is 5.97 Å². The lowest BCUT2D eigenvalue weighted by atomic mass is 9.74. The van der Waals surface area contributed by atoms with Gasteiger partial charge in [0.2, 0.25) is 0 Å². The Morgan fingerprint density at radius 2 is 2.26 bits per heavy atom. The smallest absolute Gasteiger partial charge is 0.309 e. The number of carboxylic acids is 1. The molecule has 4 heteroatoms. The van der Waals surface area contributed by atoms with Gasteiger partial charge in [-0.25, -0.2) is 0 Å². The summed E-state index contributed by atoms with van der Waals surface area (Å²) in [5.74, 6) is -0.425. The summed E-state index contributed by atoms with van der Waals surface area (Å²) in [4.78, 5) is 16.5. The highest BCUT2D eigenvalue weighted by atomic mass is 32.1. The van der Waals surface area contributed by atoms with Crippen molar-refractivity contribution in [2.24, 2.45) is 11.3 Å². The fraction of sp³-hybridized carbons (Fsp3) is 0.667. The first kappa shape index (κ1) is 14.5. The minimum Gasteiger partial charge on any atom is -0.481 e. The molecule has 1 fully saturated rings. The monoisotopic (exact) mass is 281 g/mol. The van der Waals surface area contributed by atoms with E-state index in [1.54, 1.807) is 0 Å². The predicted octanol–water partition coefficient (Wildman–Crippen LogP) is 3.38. The first-order valence-electron chi connectivity index (χ1n) is 6.90. The van der Waals surface area contributed by atoms with E-state index in [1.165, 1.54) is 9.75 Å². The third-order valence-corrected chi connectivity index (χ3v) is 5.24. The Bertz CT molecular complexity index is 453. The number of aliphatic carboxylic acids is 1. The summed E-state index contributed by atoms with van der Waals surface area (Å²) in [5.41, 5.74) is -0.621. The molecular weight excluding hydrogens is 258 g/mol. The molecule has 1 aliphatic heterocycles. The summed E-state index contributed by atoms with van der Waals surface area (Å²) < 4.78 is 0. The Labute approximate surface area is 119 Å². The number of aryl methyl sites for hydroxylation is 1. The van der Waals surface area contributed by atoms with Crippen molar-refractivity contribution in [3.05, 3.63) is 21.9 Å². The largest absolute Gasteiger partial charge is 0.481 e. The van der Waals surface area contributed by atoms with Gasteiger partial charge in [0.25, 0.3) is 0 Å². The van der Waals surface area contributed by atoms with Crippen molar-refractivity contribution in [1.82, 2.24) is 4.90 Å². The average molecular weight is 281 g/mol. The molecule has 1 aromatic rings. The maximum atomic E-state index is 11.4. The highest BCUT2D eigenvalue weighted by molar-refractivity contribution is 7.11. The molecule has 2 heterocycles. The normalized spacial score (nSPS) is 21.5. The fourth-order valence-corrected chi connectivity index (χ4v) is 3.69.